The molecule has 0 radical (unpaired) electrons. The maximum absolute atomic E-state index is 5.84. The number of nitrogens with zero attached hydrogens (tertiary/aromatic N) is 1. The molecule has 0 saturated carbocycles. The molecule has 3 aromatic rings. The van der Waals surface area contributed by atoms with Crippen LogP contribution in [-0.2, 0) is 6.54 Å². The molecule has 0 fully saturated rings. The lowest BCUT2D eigenvalue weighted by atomic mass is 10.2. The maximum atomic E-state index is 5.84. The number of rotatable bonds is 5. The quantitative estimate of drug-likeness (QED) is 0.744. The van der Waals surface area contributed by atoms with Gasteiger partial charge in [0.25, 0.3) is 0 Å². The van der Waals surface area contributed by atoms with Crippen LogP contribution in [0.1, 0.15) is 19.4 Å². The number of fused-ring (bicyclic) bond motifs is 1. The molecule has 0 spiro atoms. The fourth-order valence-electron chi connectivity index (χ4n) is 2.26. The molecule has 0 atom stereocenters. The first kappa shape index (κ1) is 13.5. The zero-order valence-corrected chi connectivity index (χ0v) is 12.3. The molecule has 4 heteroatoms. The van der Waals surface area contributed by atoms with Crippen LogP contribution in [0.4, 0.5) is 5.69 Å². The van der Waals surface area contributed by atoms with Gasteiger partial charge in [-0.25, -0.2) is 0 Å². The first-order valence-corrected chi connectivity index (χ1v) is 7.14. The second-order valence-electron chi connectivity index (χ2n) is 5.30. The normalized spacial score (nSPS) is 11.0. The largest absolute Gasteiger partial charge is 0.491 e. The molecule has 3 rings (SSSR count). The number of hydrogen-bond acceptors (Lipinski definition) is 3. The van der Waals surface area contributed by atoms with Gasteiger partial charge in [-0.3, -0.25) is 5.10 Å². The van der Waals surface area contributed by atoms with Gasteiger partial charge in [-0.2, -0.15) is 5.10 Å². The molecule has 0 aliphatic rings. The predicted molar refractivity (Wildman–Crippen MR) is 85.6 cm³/mol. The van der Waals surface area contributed by atoms with Gasteiger partial charge in [0.15, 0.2) is 0 Å². The van der Waals surface area contributed by atoms with E-state index in [2.05, 4.69) is 39.8 Å². The fraction of sp³-hybridized carbons (Fsp3) is 0.235. The van der Waals surface area contributed by atoms with Crippen LogP contribution in [0.25, 0.3) is 10.9 Å². The van der Waals surface area contributed by atoms with Crippen molar-refractivity contribution in [1.29, 1.82) is 0 Å². The van der Waals surface area contributed by atoms with Crippen molar-refractivity contribution >= 4 is 16.6 Å². The molecule has 1 heterocycles. The Kier molecular flexibility index (Phi) is 3.77. The third-order valence-electron chi connectivity index (χ3n) is 3.26. The molecule has 4 nitrogen and oxygen atoms in total. The topological polar surface area (TPSA) is 49.9 Å². The number of hydrogen-bond donors (Lipinski definition) is 2. The Morgan fingerprint density at radius 2 is 2.05 bits per heavy atom. The summed E-state index contributed by atoms with van der Waals surface area (Å²) in [5, 5.41) is 11.6. The number of H-pyrrole nitrogens is 1. The van der Waals surface area contributed by atoms with Gasteiger partial charge in [0, 0.05) is 23.2 Å². The van der Waals surface area contributed by atoms with E-state index in [1.165, 1.54) is 0 Å². The highest BCUT2D eigenvalue weighted by molar-refractivity contribution is 5.81. The van der Waals surface area contributed by atoms with E-state index < -0.39 is 0 Å². The Morgan fingerprint density at radius 3 is 2.90 bits per heavy atom. The summed E-state index contributed by atoms with van der Waals surface area (Å²) in [6.45, 7) is 4.80. The summed E-state index contributed by atoms with van der Waals surface area (Å²) in [6.07, 6.45) is 2.00. The van der Waals surface area contributed by atoms with E-state index in [-0.39, 0.29) is 6.10 Å². The van der Waals surface area contributed by atoms with E-state index in [1.54, 1.807) is 0 Å². The molecule has 0 amide bonds. The highest BCUT2D eigenvalue weighted by Crippen LogP contribution is 2.22. The summed E-state index contributed by atoms with van der Waals surface area (Å²) in [4.78, 5) is 0. The molecule has 2 aromatic carbocycles. The van der Waals surface area contributed by atoms with Crippen LogP contribution >= 0.6 is 0 Å². The van der Waals surface area contributed by atoms with Crippen LogP contribution in [0.3, 0.4) is 0 Å². The molecule has 0 aliphatic carbocycles. The van der Waals surface area contributed by atoms with Crippen molar-refractivity contribution in [2.45, 2.75) is 26.5 Å². The molecule has 0 unspecified atom stereocenters. The number of anilines is 1. The lowest BCUT2D eigenvalue weighted by molar-refractivity contribution is 0.240. The molecule has 0 aliphatic heterocycles. The van der Waals surface area contributed by atoms with Crippen molar-refractivity contribution in [2.24, 2.45) is 0 Å². The van der Waals surface area contributed by atoms with E-state index in [4.69, 9.17) is 4.74 Å². The summed E-state index contributed by atoms with van der Waals surface area (Å²) in [6, 6.07) is 14.3. The monoisotopic (exact) mass is 281 g/mol. The average Bonchev–Trinajstić information content (AvgIpc) is 2.93. The smallest absolute Gasteiger partial charge is 0.124 e. The second kappa shape index (κ2) is 5.87. The lowest BCUT2D eigenvalue weighted by Gasteiger charge is -2.15. The van der Waals surface area contributed by atoms with E-state index in [0.29, 0.717) is 0 Å². The van der Waals surface area contributed by atoms with Gasteiger partial charge in [0.1, 0.15) is 5.75 Å². The van der Waals surface area contributed by atoms with Crippen LogP contribution in [0.2, 0.25) is 0 Å². The average molecular weight is 281 g/mol. The second-order valence-corrected chi connectivity index (χ2v) is 5.30. The molecule has 2 N–H and O–H groups in total. The molecular formula is C17H19N3O. The van der Waals surface area contributed by atoms with E-state index in [9.17, 15) is 0 Å². The Labute approximate surface area is 124 Å². The van der Waals surface area contributed by atoms with Gasteiger partial charge in [-0.05, 0) is 38.1 Å². The van der Waals surface area contributed by atoms with Crippen LogP contribution in [0.5, 0.6) is 5.75 Å². The number of aromatic nitrogens is 2. The van der Waals surface area contributed by atoms with Gasteiger partial charge in [-0.15, -0.1) is 0 Å². The number of aromatic amines is 1. The number of ether oxygens (including phenoxy) is 1. The van der Waals surface area contributed by atoms with Crippen LogP contribution < -0.4 is 10.1 Å². The fourth-order valence-corrected chi connectivity index (χ4v) is 2.26. The molecule has 1 aromatic heterocycles. The number of benzene rings is 2. The Bertz CT molecular complexity index is 733. The van der Waals surface area contributed by atoms with Crippen molar-refractivity contribution in [3.63, 3.8) is 0 Å². The first-order valence-electron chi connectivity index (χ1n) is 7.14. The standard InChI is InChI=1S/C17H19N3O/c1-12(2)21-17-6-4-3-5-14(17)10-18-15-8-7-13-11-19-20-16(13)9-15/h3-9,11-12,18H,10H2,1-2H3,(H,19,20). The van der Waals surface area contributed by atoms with Gasteiger partial charge >= 0.3 is 0 Å². The van der Waals surface area contributed by atoms with Gasteiger partial charge in [-0.1, -0.05) is 18.2 Å². The predicted octanol–water partition coefficient (Wildman–Crippen LogP) is 3.96. The highest BCUT2D eigenvalue weighted by atomic mass is 16.5. The van der Waals surface area contributed by atoms with Crippen LogP contribution in [0.15, 0.2) is 48.7 Å². The highest BCUT2D eigenvalue weighted by Gasteiger charge is 2.05. The van der Waals surface area contributed by atoms with Crippen LogP contribution in [0, 0.1) is 0 Å². The Hall–Kier alpha value is -2.49. The summed E-state index contributed by atoms with van der Waals surface area (Å²) >= 11 is 0. The zero-order chi connectivity index (χ0) is 14.7. The van der Waals surface area contributed by atoms with Crippen molar-refractivity contribution in [1.82, 2.24) is 10.2 Å². The third kappa shape index (κ3) is 3.16. The number of para-hydroxylation sites is 1. The van der Waals surface area contributed by atoms with Crippen molar-refractivity contribution in [3.05, 3.63) is 54.2 Å². The minimum atomic E-state index is 0.174. The summed E-state index contributed by atoms with van der Waals surface area (Å²) < 4.78 is 5.84. The minimum absolute atomic E-state index is 0.174. The van der Waals surface area contributed by atoms with Crippen molar-refractivity contribution in [3.8, 4) is 5.75 Å². The number of nitrogens with one attached hydrogen (secondary N) is 2. The van der Waals surface area contributed by atoms with Crippen molar-refractivity contribution in [2.75, 3.05) is 5.32 Å². The zero-order valence-electron chi connectivity index (χ0n) is 12.3. The van der Waals surface area contributed by atoms with E-state index >= 15 is 0 Å². The van der Waals surface area contributed by atoms with Crippen LogP contribution in [-0.4, -0.2) is 16.3 Å². The van der Waals surface area contributed by atoms with Crippen molar-refractivity contribution < 1.29 is 4.74 Å². The van der Waals surface area contributed by atoms with Gasteiger partial charge < -0.3 is 10.1 Å². The minimum Gasteiger partial charge on any atom is -0.491 e. The Balaban J connectivity index is 1.74. The SMILES string of the molecule is CC(C)Oc1ccccc1CNc1ccc2cn[nH]c2c1. The van der Waals surface area contributed by atoms with E-state index in [0.717, 1.165) is 34.4 Å². The molecule has 0 bridgehead atoms. The third-order valence-corrected chi connectivity index (χ3v) is 3.26. The maximum Gasteiger partial charge on any atom is 0.124 e. The van der Waals surface area contributed by atoms with E-state index in [1.807, 2.05) is 38.2 Å². The van der Waals surface area contributed by atoms with Gasteiger partial charge in [0.05, 0.1) is 17.8 Å². The summed E-state index contributed by atoms with van der Waals surface area (Å²) in [7, 11) is 0. The summed E-state index contributed by atoms with van der Waals surface area (Å²) in [5.74, 6) is 0.933. The first-order chi connectivity index (χ1) is 10.2. The molecule has 108 valence electrons. The Morgan fingerprint density at radius 1 is 1.19 bits per heavy atom. The van der Waals surface area contributed by atoms with Gasteiger partial charge in [0.2, 0.25) is 0 Å². The molecule has 21 heavy (non-hydrogen) atoms. The lowest BCUT2D eigenvalue weighted by Crippen LogP contribution is -2.09. The summed E-state index contributed by atoms with van der Waals surface area (Å²) in [5.41, 5.74) is 3.24. The molecule has 0 saturated heterocycles. The molecular weight excluding hydrogens is 262 g/mol.